The Morgan fingerprint density at radius 1 is 1.67 bits per heavy atom. The minimum Gasteiger partial charge on any atom is -0.388 e. The van der Waals surface area contributed by atoms with E-state index >= 15 is 0 Å². The lowest BCUT2D eigenvalue weighted by atomic mass is 10.0. The second kappa shape index (κ2) is 2.42. The van der Waals surface area contributed by atoms with Crippen molar-refractivity contribution in [2.24, 2.45) is 5.92 Å². The summed E-state index contributed by atoms with van der Waals surface area (Å²) < 4.78 is 0. The van der Waals surface area contributed by atoms with Crippen LogP contribution in [0.4, 0.5) is 0 Å². The van der Waals surface area contributed by atoms with Crippen LogP contribution in [0, 0.1) is 5.92 Å². The van der Waals surface area contributed by atoms with Gasteiger partial charge in [-0.2, -0.15) is 0 Å². The Hall–Kier alpha value is -0.460. The third kappa shape index (κ3) is 1.09. The zero-order chi connectivity index (χ0) is 6.85. The number of hydrogen-bond donors (Lipinski definition) is 1. The number of allylic oxidation sites excluding steroid dienone is 1. The van der Waals surface area contributed by atoms with Crippen LogP contribution in [0.15, 0.2) is 11.3 Å². The van der Waals surface area contributed by atoms with Crippen molar-refractivity contribution in [2.45, 2.75) is 27.2 Å². The summed E-state index contributed by atoms with van der Waals surface area (Å²) in [5.74, 6) is 0.764. The molecule has 0 aromatic carbocycles. The van der Waals surface area contributed by atoms with E-state index in [1.807, 2.05) is 0 Å². The smallest absolute Gasteiger partial charge is 0.0207 e. The monoisotopic (exact) mass is 125 g/mol. The fourth-order valence-electron chi connectivity index (χ4n) is 1.27. The molecular formula is C8H15N. The minimum atomic E-state index is 0.764. The highest BCUT2D eigenvalue weighted by molar-refractivity contribution is 5.18. The van der Waals surface area contributed by atoms with Crippen LogP contribution in [0.3, 0.4) is 0 Å². The van der Waals surface area contributed by atoms with Crippen molar-refractivity contribution in [1.29, 1.82) is 0 Å². The highest BCUT2D eigenvalue weighted by Gasteiger charge is 2.14. The molecule has 1 heterocycles. The quantitative estimate of drug-likeness (QED) is 0.564. The first-order valence-corrected chi connectivity index (χ1v) is 3.69. The lowest BCUT2D eigenvalue weighted by Gasteiger charge is -1.99. The first-order chi connectivity index (χ1) is 4.25. The van der Waals surface area contributed by atoms with Gasteiger partial charge in [-0.25, -0.2) is 0 Å². The van der Waals surface area contributed by atoms with Gasteiger partial charge in [0.05, 0.1) is 0 Å². The molecule has 0 saturated carbocycles. The van der Waals surface area contributed by atoms with Crippen molar-refractivity contribution in [3.8, 4) is 0 Å². The molecule has 1 N–H and O–H groups in total. The summed E-state index contributed by atoms with van der Waals surface area (Å²) in [4.78, 5) is 0. The van der Waals surface area contributed by atoms with Crippen molar-refractivity contribution in [2.75, 3.05) is 6.54 Å². The van der Waals surface area contributed by atoms with Crippen molar-refractivity contribution in [3.05, 3.63) is 11.3 Å². The van der Waals surface area contributed by atoms with Gasteiger partial charge in [0.2, 0.25) is 0 Å². The molecule has 1 heteroatoms. The molecule has 0 amide bonds. The summed E-state index contributed by atoms with van der Waals surface area (Å²) in [7, 11) is 0. The van der Waals surface area contributed by atoms with Gasteiger partial charge in [0.15, 0.2) is 0 Å². The summed E-state index contributed by atoms with van der Waals surface area (Å²) in [6.07, 6.45) is 1.16. The summed E-state index contributed by atoms with van der Waals surface area (Å²) in [5, 5.41) is 3.39. The second-order valence-corrected chi connectivity index (χ2v) is 2.80. The molecule has 9 heavy (non-hydrogen) atoms. The maximum absolute atomic E-state index is 3.39. The van der Waals surface area contributed by atoms with E-state index in [2.05, 4.69) is 26.1 Å². The van der Waals surface area contributed by atoms with Gasteiger partial charge in [0, 0.05) is 12.2 Å². The highest BCUT2D eigenvalue weighted by atomic mass is 14.9. The van der Waals surface area contributed by atoms with Gasteiger partial charge in [-0.05, 0) is 24.8 Å². The molecule has 1 nitrogen and oxygen atoms in total. The van der Waals surface area contributed by atoms with E-state index < -0.39 is 0 Å². The van der Waals surface area contributed by atoms with Crippen molar-refractivity contribution in [3.63, 3.8) is 0 Å². The van der Waals surface area contributed by atoms with Crippen LogP contribution in [0.25, 0.3) is 0 Å². The zero-order valence-electron chi connectivity index (χ0n) is 6.49. The Kier molecular flexibility index (Phi) is 1.79. The first-order valence-electron chi connectivity index (χ1n) is 3.69. The highest BCUT2D eigenvalue weighted by Crippen LogP contribution is 2.20. The Morgan fingerprint density at radius 3 is 2.56 bits per heavy atom. The predicted octanol–water partition coefficient (Wildman–Crippen LogP) is 1.91. The Labute approximate surface area is 57.1 Å². The number of hydrogen-bond acceptors (Lipinski definition) is 1. The van der Waals surface area contributed by atoms with Gasteiger partial charge in [-0.15, -0.1) is 0 Å². The van der Waals surface area contributed by atoms with E-state index in [1.165, 1.54) is 5.70 Å². The molecule has 1 unspecified atom stereocenters. The molecule has 1 aliphatic heterocycles. The largest absolute Gasteiger partial charge is 0.388 e. The van der Waals surface area contributed by atoms with Gasteiger partial charge < -0.3 is 5.32 Å². The minimum absolute atomic E-state index is 0.764. The third-order valence-corrected chi connectivity index (χ3v) is 2.19. The molecule has 0 aliphatic carbocycles. The third-order valence-electron chi connectivity index (χ3n) is 2.19. The van der Waals surface area contributed by atoms with Crippen LogP contribution in [-0.2, 0) is 0 Å². The number of nitrogens with one attached hydrogen (secondary N) is 1. The fraction of sp³-hybridized carbons (Fsp3) is 0.750. The van der Waals surface area contributed by atoms with E-state index in [0.717, 1.165) is 18.9 Å². The SMILES string of the molecule is CCC1=C(C)C(C)CN1. The lowest BCUT2D eigenvalue weighted by molar-refractivity contribution is 0.688. The maximum atomic E-state index is 3.39. The van der Waals surface area contributed by atoms with Gasteiger partial charge in [-0.1, -0.05) is 13.8 Å². The van der Waals surface area contributed by atoms with Crippen LogP contribution >= 0.6 is 0 Å². The standard InChI is InChI=1S/C8H15N/c1-4-8-7(3)6(2)5-9-8/h6,9H,4-5H2,1-3H3. The van der Waals surface area contributed by atoms with Crippen LogP contribution in [0.2, 0.25) is 0 Å². The summed E-state index contributed by atoms with van der Waals surface area (Å²) >= 11 is 0. The lowest BCUT2D eigenvalue weighted by Crippen LogP contribution is -2.09. The second-order valence-electron chi connectivity index (χ2n) is 2.80. The van der Waals surface area contributed by atoms with E-state index in [-0.39, 0.29) is 0 Å². The Morgan fingerprint density at radius 2 is 2.33 bits per heavy atom. The van der Waals surface area contributed by atoms with E-state index in [1.54, 1.807) is 5.57 Å². The fourth-order valence-corrected chi connectivity index (χ4v) is 1.27. The van der Waals surface area contributed by atoms with Crippen molar-refractivity contribution >= 4 is 0 Å². The van der Waals surface area contributed by atoms with E-state index in [4.69, 9.17) is 0 Å². The molecule has 0 aromatic rings. The number of rotatable bonds is 1. The molecule has 0 bridgehead atoms. The van der Waals surface area contributed by atoms with Crippen molar-refractivity contribution in [1.82, 2.24) is 5.32 Å². The molecule has 0 saturated heterocycles. The molecule has 0 radical (unpaired) electrons. The van der Waals surface area contributed by atoms with Crippen molar-refractivity contribution < 1.29 is 0 Å². The average molecular weight is 125 g/mol. The normalized spacial score (nSPS) is 26.8. The van der Waals surface area contributed by atoms with E-state index in [9.17, 15) is 0 Å². The van der Waals surface area contributed by atoms with Gasteiger partial charge in [0.25, 0.3) is 0 Å². The summed E-state index contributed by atoms with van der Waals surface area (Å²) in [6.45, 7) is 7.84. The average Bonchev–Trinajstić information content (AvgIpc) is 2.15. The van der Waals surface area contributed by atoms with Crippen LogP contribution in [0.5, 0.6) is 0 Å². The molecule has 52 valence electrons. The molecular weight excluding hydrogens is 110 g/mol. The van der Waals surface area contributed by atoms with Crippen LogP contribution < -0.4 is 5.32 Å². The summed E-state index contributed by atoms with van der Waals surface area (Å²) in [5.41, 5.74) is 3.01. The van der Waals surface area contributed by atoms with E-state index in [0.29, 0.717) is 0 Å². The first kappa shape index (κ1) is 6.66. The van der Waals surface area contributed by atoms with Crippen LogP contribution in [-0.4, -0.2) is 6.54 Å². The Bertz CT molecular complexity index is 136. The van der Waals surface area contributed by atoms with Gasteiger partial charge in [-0.3, -0.25) is 0 Å². The van der Waals surface area contributed by atoms with Gasteiger partial charge >= 0.3 is 0 Å². The molecule has 0 spiro atoms. The molecule has 1 rings (SSSR count). The molecule has 0 aromatic heterocycles. The zero-order valence-corrected chi connectivity index (χ0v) is 6.49. The molecule has 1 aliphatic rings. The Balaban J connectivity index is 2.68. The molecule has 0 fully saturated rings. The molecule has 1 atom stereocenters. The summed E-state index contributed by atoms with van der Waals surface area (Å²) in [6, 6.07) is 0. The topological polar surface area (TPSA) is 12.0 Å². The van der Waals surface area contributed by atoms with Gasteiger partial charge in [0.1, 0.15) is 0 Å². The maximum Gasteiger partial charge on any atom is 0.0207 e. The predicted molar refractivity (Wildman–Crippen MR) is 40.2 cm³/mol. The van der Waals surface area contributed by atoms with Crippen LogP contribution in [0.1, 0.15) is 27.2 Å².